The molecule has 25 heavy (non-hydrogen) atoms. The van der Waals surface area contributed by atoms with Gasteiger partial charge in [-0.3, -0.25) is 9.59 Å². The van der Waals surface area contributed by atoms with Crippen LogP contribution in [-0.2, 0) is 25.7 Å². The summed E-state index contributed by atoms with van der Waals surface area (Å²) in [6, 6.07) is 16.0. The van der Waals surface area contributed by atoms with Crippen LogP contribution >= 0.6 is 11.6 Å². The molecule has 0 bridgehead atoms. The van der Waals surface area contributed by atoms with Gasteiger partial charge < -0.3 is 14.8 Å². The van der Waals surface area contributed by atoms with Gasteiger partial charge in [0.05, 0.1) is 26.2 Å². The van der Waals surface area contributed by atoms with Gasteiger partial charge in [-0.1, -0.05) is 60.1 Å². The second-order valence-corrected chi connectivity index (χ2v) is 5.81. The highest BCUT2D eigenvalue weighted by molar-refractivity contribution is 6.31. The van der Waals surface area contributed by atoms with E-state index in [9.17, 15) is 9.59 Å². The molecule has 1 unspecified atom stereocenters. The summed E-state index contributed by atoms with van der Waals surface area (Å²) >= 11 is 6.18. The molecule has 0 saturated heterocycles. The minimum Gasteiger partial charge on any atom is -0.469 e. The van der Waals surface area contributed by atoms with Crippen molar-refractivity contribution >= 4 is 23.5 Å². The van der Waals surface area contributed by atoms with E-state index in [0.717, 1.165) is 5.56 Å². The molecule has 2 aromatic rings. The lowest BCUT2D eigenvalue weighted by atomic mass is 10.0. The fourth-order valence-corrected chi connectivity index (χ4v) is 2.59. The molecule has 0 radical (unpaired) electrons. The zero-order valence-electron chi connectivity index (χ0n) is 13.9. The second kappa shape index (κ2) is 9.81. The number of rotatable bonds is 8. The quantitative estimate of drug-likeness (QED) is 0.733. The van der Waals surface area contributed by atoms with Gasteiger partial charge in [0.15, 0.2) is 0 Å². The molecule has 2 aromatic carbocycles. The minimum absolute atomic E-state index is 0.00927. The summed E-state index contributed by atoms with van der Waals surface area (Å²) in [5.74, 6) is -0.764. The number of esters is 1. The average Bonchev–Trinajstić information content (AvgIpc) is 2.62. The Kier molecular flexibility index (Phi) is 7.44. The van der Waals surface area contributed by atoms with E-state index in [1.54, 1.807) is 24.3 Å². The Morgan fingerprint density at radius 1 is 1.08 bits per heavy atom. The van der Waals surface area contributed by atoms with Gasteiger partial charge in [-0.15, -0.1) is 0 Å². The third kappa shape index (κ3) is 6.21. The van der Waals surface area contributed by atoms with E-state index >= 15 is 0 Å². The molecular weight excluding hydrogens is 342 g/mol. The Hall–Kier alpha value is -2.37. The van der Waals surface area contributed by atoms with Crippen molar-refractivity contribution in [3.05, 3.63) is 70.7 Å². The monoisotopic (exact) mass is 361 g/mol. The van der Waals surface area contributed by atoms with E-state index < -0.39 is 12.0 Å². The lowest BCUT2D eigenvalue weighted by Crippen LogP contribution is -2.33. The van der Waals surface area contributed by atoms with Crippen molar-refractivity contribution in [1.29, 1.82) is 0 Å². The number of carbonyl (C=O) groups excluding carboxylic acids is 2. The Balaban J connectivity index is 1.94. The van der Waals surface area contributed by atoms with Gasteiger partial charge in [-0.2, -0.15) is 0 Å². The normalized spacial score (nSPS) is 11.6. The number of ether oxygens (including phenoxy) is 2. The van der Waals surface area contributed by atoms with Crippen LogP contribution in [0.2, 0.25) is 5.02 Å². The van der Waals surface area contributed by atoms with Crippen molar-refractivity contribution < 1.29 is 19.1 Å². The standard InChI is InChI=1S/C19H20ClNO4/c1-24-19(23)11-17(15-9-5-6-10-16(15)20)21-18(22)13-25-12-14-7-3-2-4-8-14/h2-10,17H,11-13H2,1H3,(H,21,22). The molecule has 0 aliphatic heterocycles. The molecule has 5 nitrogen and oxygen atoms in total. The summed E-state index contributed by atoms with van der Waals surface area (Å²) in [5, 5.41) is 3.25. The molecule has 0 spiro atoms. The molecule has 1 amide bonds. The first-order valence-corrected chi connectivity index (χ1v) is 8.20. The maximum absolute atomic E-state index is 12.2. The molecule has 2 rings (SSSR count). The third-order valence-corrected chi connectivity index (χ3v) is 3.90. The van der Waals surface area contributed by atoms with Crippen molar-refractivity contribution in [2.75, 3.05) is 13.7 Å². The molecule has 0 aliphatic rings. The van der Waals surface area contributed by atoms with Crippen LogP contribution in [0.4, 0.5) is 0 Å². The number of hydrogen-bond acceptors (Lipinski definition) is 4. The highest BCUT2D eigenvalue weighted by Crippen LogP contribution is 2.25. The molecule has 0 aliphatic carbocycles. The molecule has 0 heterocycles. The number of halogens is 1. The van der Waals surface area contributed by atoms with Crippen molar-refractivity contribution in [3.8, 4) is 0 Å². The van der Waals surface area contributed by atoms with Crippen LogP contribution in [0.25, 0.3) is 0 Å². The van der Waals surface area contributed by atoms with Crippen molar-refractivity contribution in [1.82, 2.24) is 5.32 Å². The highest BCUT2D eigenvalue weighted by atomic mass is 35.5. The molecular formula is C19H20ClNO4. The van der Waals surface area contributed by atoms with E-state index in [-0.39, 0.29) is 18.9 Å². The van der Waals surface area contributed by atoms with Gasteiger partial charge in [0.2, 0.25) is 5.91 Å². The zero-order valence-corrected chi connectivity index (χ0v) is 14.7. The summed E-state index contributed by atoms with van der Waals surface area (Å²) in [7, 11) is 1.30. The van der Waals surface area contributed by atoms with Crippen LogP contribution in [0.5, 0.6) is 0 Å². The number of hydrogen-bond donors (Lipinski definition) is 1. The van der Waals surface area contributed by atoms with E-state index in [0.29, 0.717) is 17.2 Å². The minimum atomic E-state index is -0.575. The molecule has 0 fully saturated rings. The second-order valence-electron chi connectivity index (χ2n) is 5.40. The molecule has 132 valence electrons. The summed E-state index contributed by atoms with van der Waals surface area (Å²) in [6.45, 7) is 0.221. The van der Waals surface area contributed by atoms with Gasteiger partial charge in [0, 0.05) is 5.02 Å². The predicted octanol–water partition coefficient (Wildman–Crippen LogP) is 3.28. The first-order chi connectivity index (χ1) is 12.1. The summed E-state index contributed by atoms with van der Waals surface area (Å²) in [4.78, 5) is 23.8. The SMILES string of the molecule is COC(=O)CC(NC(=O)COCc1ccccc1)c1ccccc1Cl. The number of benzene rings is 2. The Morgan fingerprint density at radius 2 is 1.76 bits per heavy atom. The number of methoxy groups -OCH3 is 1. The van der Waals surface area contributed by atoms with E-state index in [2.05, 4.69) is 5.32 Å². The maximum Gasteiger partial charge on any atom is 0.307 e. The van der Waals surface area contributed by atoms with E-state index in [4.69, 9.17) is 21.1 Å². The van der Waals surface area contributed by atoms with Crippen LogP contribution in [0.3, 0.4) is 0 Å². The molecule has 6 heteroatoms. The van der Waals surface area contributed by atoms with Gasteiger partial charge in [0.1, 0.15) is 6.61 Å². The Morgan fingerprint density at radius 3 is 2.44 bits per heavy atom. The number of amides is 1. The molecule has 0 saturated carbocycles. The Bertz CT molecular complexity index is 706. The predicted molar refractivity (Wildman–Crippen MR) is 95.1 cm³/mol. The van der Waals surface area contributed by atoms with Crippen LogP contribution in [-0.4, -0.2) is 25.6 Å². The van der Waals surface area contributed by atoms with Gasteiger partial charge in [0.25, 0.3) is 0 Å². The van der Waals surface area contributed by atoms with Crippen molar-refractivity contribution in [3.63, 3.8) is 0 Å². The van der Waals surface area contributed by atoms with Crippen LogP contribution in [0.15, 0.2) is 54.6 Å². The first kappa shape index (κ1) is 19.0. The molecule has 1 atom stereocenters. The first-order valence-electron chi connectivity index (χ1n) is 7.82. The van der Waals surface area contributed by atoms with Crippen LogP contribution in [0, 0.1) is 0 Å². The lowest BCUT2D eigenvalue weighted by Gasteiger charge is -2.19. The molecule has 1 N–H and O–H groups in total. The van der Waals surface area contributed by atoms with Crippen molar-refractivity contribution in [2.24, 2.45) is 0 Å². The largest absolute Gasteiger partial charge is 0.469 e. The molecule has 0 aromatic heterocycles. The third-order valence-electron chi connectivity index (χ3n) is 3.56. The van der Waals surface area contributed by atoms with Gasteiger partial charge >= 0.3 is 5.97 Å². The fraction of sp³-hybridized carbons (Fsp3) is 0.263. The maximum atomic E-state index is 12.2. The lowest BCUT2D eigenvalue weighted by molar-refractivity contribution is -0.141. The van der Waals surface area contributed by atoms with Crippen LogP contribution in [0.1, 0.15) is 23.6 Å². The topological polar surface area (TPSA) is 64.6 Å². The van der Waals surface area contributed by atoms with E-state index in [1.165, 1.54) is 7.11 Å². The zero-order chi connectivity index (χ0) is 18.1. The highest BCUT2D eigenvalue weighted by Gasteiger charge is 2.21. The van der Waals surface area contributed by atoms with Gasteiger partial charge in [-0.05, 0) is 17.2 Å². The van der Waals surface area contributed by atoms with Crippen molar-refractivity contribution in [2.45, 2.75) is 19.1 Å². The van der Waals surface area contributed by atoms with Crippen LogP contribution < -0.4 is 5.32 Å². The smallest absolute Gasteiger partial charge is 0.307 e. The summed E-state index contributed by atoms with van der Waals surface area (Å²) < 4.78 is 10.1. The fourth-order valence-electron chi connectivity index (χ4n) is 2.32. The average molecular weight is 362 g/mol. The summed E-state index contributed by atoms with van der Waals surface area (Å²) in [5.41, 5.74) is 1.64. The number of carbonyl (C=O) groups is 2. The van der Waals surface area contributed by atoms with E-state index in [1.807, 2.05) is 30.3 Å². The van der Waals surface area contributed by atoms with Gasteiger partial charge in [-0.25, -0.2) is 0 Å². The Labute approximate surface area is 151 Å². The summed E-state index contributed by atoms with van der Waals surface area (Å²) in [6.07, 6.45) is -0.00927. The number of nitrogens with one attached hydrogen (secondary N) is 1.